The normalized spacial score (nSPS) is 26.6. The summed E-state index contributed by atoms with van der Waals surface area (Å²) in [6.45, 7) is 5.94. The number of aliphatic hydroxyl groups is 1. The molecule has 2 aliphatic rings. The van der Waals surface area contributed by atoms with Gasteiger partial charge in [-0.1, -0.05) is 17.2 Å². The number of rotatable bonds is 2. The molecule has 0 fully saturated rings. The fourth-order valence-corrected chi connectivity index (χ4v) is 2.67. The molecule has 0 amide bonds. The minimum atomic E-state index is -1.00. The summed E-state index contributed by atoms with van der Waals surface area (Å²) in [6, 6.07) is 0. The summed E-state index contributed by atoms with van der Waals surface area (Å²) in [5.41, 5.74) is 1.66. The van der Waals surface area contributed by atoms with Gasteiger partial charge in [0.1, 0.15) is 5.41 Å². The third-order valence-corrected chi connectivity index (χ3v) is 3.93. The predicted molar refractivity (Wildman–Crippen MR) is 70.5 cm³/mol. The Morgan fingerprint density at radius 2 is 2.11 bits per heavy atom. The Balaban J connectivity index is 2.57. The lowest BCUT2D eigenvalue weighted by Crippen LogP contribution is -2.39. The van der Waals surface area contributed by atoms with E-state index in [2.05, 4.69) is 0 Å². The zero-order valence-corrected chi connectivity index (χ0v) is 11.4. The molecule has 2 rings (SSSR count). The number of fused-ring (bicyclic) bond motifs is 1. The van der Waals surface area contributed by atoms with Crippen molar-refractivity contribution < 1.29 is 19.4 Å². The molecule has 19 heavy (non-hydrogen) atoms. The molecule has 1 unspecified atom stereocenters. The molecular formula is C15H18O4. The Labute approximate surface area is 112 Å². The van der Waals surface area contributed by atoms with Gasteiger partial charge in [-0.2, -0.15) is 0 Å². The Morgan fingerprint density at radius 3 is 2.74 bits per heavy atom. The summed E-state index contributed by atoms with van der Waals surface area (Å²) in [5, 5.41) is 10.0. The molecule has 0 spiro atoms. The highest BCUT2D eigenvalue weighted by Gasteiger charge is 2.48. The van der Waals surface area contributed by atoms with Gasteiger partial charge in [0.25, 0.3) is 0 Å². The van der Waals surface area contributed by atoms with Gasteiger partial charge in [0.15, 0.2) is 5.76 Å². The summed E-state index contributed by atoms with van der Waals surface area (Å²) in [5.74, 6) is -1.14. The van der Waals surface area contributed by atoms with Crippen molar-refractivity contribution in [2.45, 2.75) is 33.6 Å². The van der Waals surface area contributed by atoms with E-state index in [0.29, 0.717) is 18.4 Å². The lowest BCUT2D eigenvalue weighted by atomic mass is 9.65. The minimum Gasteiger partial charge on any atom is -0.504 e. The van der Waals surface area contributed by atoms with Crippen molar-refractivity contribution in [2.24, 2.45) is 5.41 Å². The van der Waals surface area contributed by atoms with Crippen LogP contribution in [0.1, 0.15) is 33.6 Å². The first-order chi connectivity index (χ1) is 8.92. The van der Waals surface area contributed by atoms with Gasteiger partial charge in [0.2, 0.25) is 5.78 Å². The summed E-state index contributed by atoms with van der Waals surface area (Å²) in [7, 11) is 0. The van der Waals surface area contributed by atoms with E-state index in [4.69, 9.17) is 4.74 Å². The number of carbonyl (C=O) groups excluding carboxylic acids is 2. The number of hydrogen-bond acceptors (Lipinski definition) is 4. The molecule has 0 bridgehead atoms. The Bertz CT molecular complexity index is 536. The van der Waals surface area contributed by atoms with Crippen molar-refractivity contribution in [1.82, 2.24) is 0 Å². The Morgan fingerprint density at radius 1 is 1.42 bits per heavy atom. The lowest BCUT2D eigenvalue weighted by Gasteiger charge is -2.38. The number of ketones is 1. The first kappa shape index (κ1) is 13.6. The van der Waals surface area contributed by atoms with Gasteiger partial charge in [-0.25, -0.2) is 0 Å². The molecule has 2 aliphatic carbocycles. The fraction of sp³-hybridized carbons (Fsp3) is 0.467. The van der Waals surface area contributed by atoms with Crippen LogP contribution in [0.25, 0.3) is 0 Å². The second-order valence-electron chi connectivity index (χ2n) is 5.13. The summed E-state index contributed by atoms with van der Waals surface area (Å²) < 4.78 is 5.14. The van der Waals surface area contributed by atoms with Crippen molar-refractivity contribution in [3.8, 4) is 0 Å². The third kappa shape index (κ3) is 2.01. The molecule has 1 N–H and O–H groups in total. The quantitative estimate of drug-likeness (QED) is 0.613. The van der Waals surface area contributed by atoms with Crippen molar-refractivity contribution in [3.63, 3.8) is 0 Å². The van der Waals surface area contributed by atoms with Gasteiger partial charge in [-0.15, -0.1) is 0 Å². The van der Waals surface area contributed by atoms with Gasteiger partial charge in [0.05, 0.1) is 6.61 Å². The van der Waals surface area contributed by atoms with E-state index in [1.165, 1.54) is 6.08 Å². The maximum atomic E-state index is 12.3. The summed E-state index contributed by atoms with van der Waals surface area (Å²) in [6.07, 6.45) is 3.75. The lowest BCUT2D eigenvalue weighted by molar-refractivity contribution is -0.151. The number of aliphatic hydroxyl groups excluding tert-OH is 1. The van der Waals surface area contributed by atoms with Crippen molar-refractivity contribution in [1.29, 1.82) is 0 Å². The van der Waals surface area contributed by atoms with Crippen LogP contribution < -0.4 is 0 Å². The molecule has 4 nitrogen and oxygen atoms in total. The van der Waals surface area contributed by atoms with Crippen molar-refractivity contribution in [3.05, 3.63) is 34.6 Å². The van der Waals surface area contributed by atoms with Crippen LogP contribution in [0.15, 0.2) is 34.6 Å². The van der Waals surface area contributed by atoms with E-state index in [1.807, 2.05) is 13.8 Å². The number of hydrogen-bond donors (Lipinski definition) is 1. The molecule has 0 aliphatic heterocycles. The first-order valence-electron chi connectivity index (χ1n) is 6.41. The fourth-order valence-electron chi connectivity index (χ4n) is 2.67. The Hall–Kier alpha value is -1.84. The van der Waals surface area contributed by atoms with E-state index in [0.717, 1.165) is 11.1 Å². The van der Waals surface area contributed by atoms with Gasteiger partial charge < -0.3 is 9.84 Å². The van der Waals surface area contributed by atoms with Crippen LogP contribution in [0, 0.1) is 5.41 Å². The van der Waals surface area contributed by atoms with Gasteiger partial charge >= 0.3 is 5.97 Å². The highest BCUT2D eigenvalue weighted by molar-refractivity contribution is 6.06. The molecule has 1 atom stereocenters. The third-order valence-electron chi connectivity index (χ3n) is 3.93. The molecule has 0 aromatic rings. The first-order valence-corrected chi connectivity index (χ1v) is 6.41. The number of esters is 1. The van der Waals surface area contributed by atoms with E-state index in [-0.39, 0.29) is 12.4 Å². The van der Waals surface area contributed by atoms with Crippen LogP contribution in [0.4, 0.5) is 0 Å². The maximum Gasteiger partial charge on any atom is 0.320 e. The zero-order chi connectivity index (χ0) is 14.2. The molecular weight excluding hydrogens is 244 g/mol. The van der Waals surface area contributed by atoms with Crippen LogP contribution in [-0.2, 0) is 14.3 Å². The van der Waals surface area contributed by atoms with Crippen LogP contribution in [0.3, 0.4) is 0 Å². The van der Waals surface area contributed by atoms with Crippen molar-refractivity contribution >= 4 is 11.8 Å². The molecule has 0 aromatic carbocycles. The molecule has 102 valence electrons. The van der Waals surface area contributed by atoms with Gasteiger partial charge in [-0.05, 0) is 39.7 Å². The highest BCUT2D eigenvalue weighted by atomic mass is 16.5. The predicted octanol–water partition coefficient (Wildman–Crippen LogP) is 2.62. The second kappa shape index (κ2) is 4.68. The largest absolute Gasteiger partial charge is 0.504 e. The van der Waals surface area contributed by atoms with Gasteiger partial charge in [-0.3, -0.25) is 9.59 Å². The average Bonchev–Trinajstić information content (AvgIpc) is 2.37. The summed E-state index contributed by atoms with van der Waals surface area (Å²) >= 11 is 0. The molecule has 0 radical (unpaired) electrons. The molecule has 0 saturated carbocycles. The van der Waals surface area contributed by atoms with Crippen LogP contribution in [-0.4, -0.2) is 23.5 Å². The van der Waals surface area contributed by atoms with E-state index < -0.39 is 17.2 Å². The maximum absolute atomic E-state index is 12.3. The molecule has 0 saturated heterocycles. The highest BCUT2D eigenvalue weighted by Crippen LogP contribution is 2.48. The van der Waals surface area contributed by atoms with Crippen LogP contribution >= 0.6 is 0 Å². The molecule has 4 heteroatoms. The topological polar surface area (TPSA) is 63.6 Å². The average molecular weight is 262 g/mol. The SMILES string of the molecule is CCOC(=O)C12C=CC(=O)C(O)=C1CC(C)=C(C)C2. The Kier molecular flexibility index (Phi) is 3.35. The minimum absolute atomic E-state index is 0.276. The van der Waals surface area contributed by atoms with Gasteiger partial charge in [0, 0.05) is 5.57 Å². The molecule has 0 aromatic heterocycles. The summed E-state index contributed by atoms with van der Waals surface area (Å²) in [4.78, 5) is 23.9. The standard InChI is InChI=1S/C15H18O4/c1-4-19-14(18)15-6-5-12(16)13(17)11(15)7-9(2)10(3)8-15/h5-6,17H,4,7-8H2,1-3H3. The van der Waals surface area contributed by atoms with Crippen molar-refractivity contribution in [2.75, 3.05) is 6.61 Å². The monoisotopic (exact) mass is 262 g/mol. The van der Waals surface area contributed by atoms with Crippen LogP contribution in [0.2, 0.25) is 0 Å². The number of carbonyl (C=O) groups is 2. The van der Waals surface area contributed by atoms with E-state index in [1.54, 1.807) is 13.0 Å². The zero-order valence-electron chi connectivity index (χ0n) is 11.4. The number of ether oxygens (including phenoxy) is 1. The van der Waals surface area contributed by atoms with E-state index >= 15 is 0 Å². The second-order valence-corrected chi connectivity index (χ2v) is 5.13. The van der Waals surface area contributed by atoms with Crippen LogP contribution in [0.5, 0.6) is 0 Å². The van der Waals surface area contributed by atoms with E-state index in [9.17, 15) is 14.7 Å². The smallest absolute Gasteiger partial charge is 0.320 e. The molecule has 0 heterocycles. The number of allylic oxidation sites excluding steroid dienone is 3.